The van der Waals surface area contributed by atoms with E-state index in [0.717, 1.165) is 0 Å². The van der Waals surface area contributed by atoms with E-state index in [2.05, 4.69) is 4.98 Å². The lowest BCUT2D eigenvalue weighted by atomic mass is 10.1. The van der Waals surface area contributed by atoms with Crippen molar-refractivity contribution in [3.05, 3.63) is 79.8 Å². The highest BCUT2D eigenvalue weighted by atomic mass is 16.6. The average molecular weight is 367 g/mol. The van der Waals surface area contributed by atoms with Gasteiger partial charge in [0.15, 0.2) is 0 Å². The number of aromatic nitrogens is 2. The maximum Gasteiger partial charge on any atom is 0.338 e. The summed E-state index contributed by atoms with van der Waals surface area (Å²) in [5.74, 6) is -0.622. The molecule has 0 amide bonds. The monoisotopic (exact) mass is 367 g/mol. The van der Waals surface area contributed by atoms with Gasteiger partial charge in [0.05, 0.1) is 27.1 Å². The summed E-state index contributed by atoms with van der Waals surface area (Å²) in [6, 6.07) is 10.8. The van der Waals surface area contributed by atoms with Crippen molar-refractivity contribution < 1.29 is 14.5 Å². The fourth-order valence-electron chi connectivity index (χ4n) is 2.85. The van der Waals surface area contributed by atoms with E-state index in [4.69, 9.17) is 4.74 Å². The van der Waals surface area contributed by atoms with E-state index >= 15 is 0 Å². The lowest BCUT2D eigenvalue weighted by Gasteiger charge is -2.10. The first-order chi connectivity index (χ1) is 12.9. The molecular weight excluding hydrogens is 350 g/mol. The lowest BCUT2D eigenvalue weighted by molar-refractivity contribution is -0.385. The van der Waals surface area contributed by atoms with Gasteiger partial charge in [0.2, 0.25) is 0 Å². The van der Waals surface area contributed by atoms with Crippen LogP contribution in [-0.4, -0.2) is 20.4 Å². The van der Waals surface area contributed by atoms with Crippen molar-refractivity contribution in [1.29, 1.82) is 0 Å². The number of benzene rings is 2. The number of hydrogen-bond donors (Lipinski definition) is 0. The summed E-state index contributed by atoms with van der Waals surface area (Å²) in [4.78, 5) is 39.3. The maximum atomic E-state index is 12.4. The Hall–Kier alpha value is -3.55. The molecule has 0 aliphatic heterocycles. The molecule has 8 nitrogen and oxygen atoms in total. The van der Waals surface area contributed by atoms with E-state index < -0.39 is 10.9 Å². The van der Waals surface area contributed by atoms with Crippen LogP contribution in [0.25, 0.3) is 11.0 Å². The zero-order valence-corrected chi connectivity index (χ0v) is 14.8. The molecule has 3 aromatic rings. The Morgan fingerprint density at radius 3 is 2.70 bits per heavy atom. The molecule has 27 heavy (non-hydrogen) atoms. The van der Waals surface area contributed by atoms with E-state index in [1.807, 2.05) is 6.92 Å². The smallest absolute Gasteiger partial charge is 0.338 e. The normalized spacial score (nSPS) is 10.7. The number of nitro groups is 1. The Kier molecular flexibility index (Phi) is 4.98. The first-order valence-corrected chi connectivity index (χ1v) is 8.33. The van der Waals surface area contributed by atoms with Crippen molar-refractivity contribution >= 4 is 22.7 Å². The van der Waals surface area contributed by atoms with Crippen molar-refractivity contribution in [3.63, 3.8) is 0 Å². The van der Waals surface area contributed by atoms with Crippen LogP contribution in [0.3, 0.4) is 0 Å². The molecule has 0 aliphatic rings. The summed E-state index contributed by atoms with van der Waals surface area (Å²) in [7, 11) is 0. The first kappa shape index (κ1) is 18.2. The maximum absolute atomic E-state index is 12.4. The molecular formula is C19H17N3O5. The quantitative estimate of drug-likeness (QED) is 0.390. The number of esters is 1. The number of ether oxygens (including phenoxy) is 1. The summed E-state index contributed by atoms with van der Waals surface area (Å²) < 4.78 is 6.81. The van der Waals surface area contributed by atoms with Crippen molar-refractivity contribution in [2.24, 2.45) is 0 Å². The minimum atomic E-state index is -0.622. The van der Waals surface area contributed by atoms with Gasteiger partial charge in [-0.3, -0.25) is 14.9 Å². The van der Waals surface area contributed by atoms with Crippen LogP contribution in [0, 0.1) is 17.0 Å². The van der Waals surface area contributed by atoms with Crippen LogP contribution in [0.4, 0.5) is 5.69 Å². The molecule has 0 N–H and O–H groups in total. The third-order valence-corrected chi connectivity index (χ3v) is 4.21. The number of rotatable bonds is 5. The second kappa shape index (κ2) is 7.36. The molecule has 1 aromatic heterocycles. The number of para-hydroxylation sites is 1. The number of nitro benzene ring substituents is 1. The standard InChI is InChI=1S/C19H17N3O5/c1-3-21-17-9-8-13(10-15(17)20-12(2)18(21)23)19(24)27-11-14-6-4-5-7-16(14)22(25)26/h4-10H,3,11H2,1-2H3. The van der Waals surface area contributed by atoms with E-state index in [1.165, 1.54) is 12.1 Å². The lowest BCUT2D eigenvalue weighted by Crippen LogP contribution is -2.23. The highest BCUT2D eigenvalue weighted by molar-refractivity contribution is 5.93. The van der Waals surface area contributed by atoms with Crippen LogP contribution < -0.4 is 5.56 Å². The van der Waals surface area contributed by atoms with Gasteiger partial charge in [-0.15, -0.1) is 0 Å². The van der Waals surface area contributed by atoms with E-state index in [1.54, 1.807) is 41.8 Å². The van der Waals surface area contributed by atoms with Crippen LogP contribution >= 0.6 is 0 Å². The highest BCUT2D eigenvalue weighted by Gasteiger charge is 2.16. The van der Waals surface area contributed by atoms with Gasteiger partial charge in [-0.1, -0.05) is 12.1 Å². The van der Waals surface area contributed by atoms with Gasteiger partial charge in [0.25, 0.3) is 11.2 Å². The SMILES string of the molecule is CCn1c(=O)c(C)nc2cc(C(=O)OCc3ccccc3[N+](=O)[O-])ccc21. The van der Waals surface area contributed by atoms with Crippen molar-refractivity contribution in [1.82, 2.24) is 9.55 Å². The van der Waals surface area contributed by atoms with Crippen LogP contribution in [-0.2, 0) is 17.9 Å². The van der Waals surface area contributed by atoms with E-state index in [9.17, 15) is 19.7 Å². The fourth-order valence-corrected chi connectivity index (χ4v) is 2.85. The molecule has 0 atom stereocenters. The summed E-state index contributed by atoms with van der Waals surface area (Å²) in [5.41, 5.74) is 1.77. The molecule has 0 aliphatic carbocycles. The molecule has 1 heterocycles. The third-order valence-electron chi connectivity index (χ3n) is 4.21. The van der Waals surface area contributed by atoms with Gasteiger partial charge in [0, 0.05) is 12.6 Å². The molecule has 8 heteroatoms. The van der Waals surface area contributed by atoms with Crippen molar-refractivity contribution in [3.8, 4) is 0 Å². The fraction of sp³-hybridized carbons (Fsp3) is 0.211. The van der Waals surface area contributed by atoms with Gasteiger partial charge >= 0.3 is 5.97 Å². The number of aryl methyl sites for hydroxylation is 2. The summed E-state index contributed by atoms with van der Waals surface area (Å²) in [6.07, 6.45) is 0. The van der Waals surface area contributed by atoms with Crippen LogP contribution in [0.15, 0.2) is 47.3 Å². The Morgan fingerprint density at radius 1 is 1.26 bits per heavy atom. The summed E-state index contributed by atoms with van der Waals surface area (Å²) in [5, 5.41) is 11.0. The van der Waals surface area contributed by atoms with Crippen LogP contribution in [0.2, 0.25) is 0 Å². The number of nitrogens with zero attached hydrogens (tertiary/aromatic N) is 3. The largest absolute Gasteiger partial charge is 0.457 e. The van der Waals surface area contributed by atoms with Crippen molar-refractivity contribution in [2.45, 2.75) is 27.0 Å². The molecule has 0 fully saturated rings. The Morgan fingerprint density at radius 2 is 2.00 bits per heavy atom. The Balaban J connectivity index is 1.88. The van der Waals surface area contributed by atoms with Crippen LogP contribution in [0.1, 0.15) is 28.5 Å². The van der Waals surface area contributed by atoms with Crippen LogP contribution in [0.5, 0.6) is 0 Å². The highest BCUT2D eigenvalue weighted by Crippen LogP contribution is 2.20. The molecule has 0 spiro atoms. The van der Waals surface area contributed by atoms with E-state index in [0.29, 0.717) is 28.8 Å². The minimum absolute atomic E-state index is 0.104. The predicted molar refractivity (Wildman–Crippen MR) is 98.6 cm³/mol. The number of carbonyl (C=O) groups is 1. The summed E-state index contributed by atoms with van der Waals surface area (Å²) >= 11 is 0. The van der Waals surface area contributed by atoms with Crippen molar-refractivity contribution in [2.75, 3.05) is 0 Å². The average Bonchev–Trinajstić information content (AvgIpc) is 2.67. The molecule has 3 rings (SSSR count). The van der Waals surface area contributed by atoms with Gasteiger partial charge in [-0.2, -0.15) is 0 Å². The molecule has 138 valence electrons. The second-order valence-electron chi connectivity index (χ2n) is 5.91. The Labute approximate surface area is 154 Å². The zero-order chi connectivity index (χ0) is 19.6. The zero-order valence-electron chi connectivity index (χ0n) is 14.8. The number of hydrogen-bond acceptors (Lipinski definition) is 6. The van der Waals surface area contributed by atoms with Gasteiger partial charge in [-0.05, 0) is 38.1 Å². The van der Waals surface area contributed by atoms with Gasteiger partial charge < -0.3 is 9.30 Å². The first-order valence-electron chi connectivity index (χ1n) is 8.33. The second-order valence-corrected chi connectivity index (χ2v) is 5.91. The third kappa shape index (κ3) is 3.55. The molecule has 2 aromatic carbocycles. The number of carbonyl (C=O) groups excluding carboxylic acids is 1. The number of fused-ring (bicyclic) bond motifs is 1. The molecule has 0 saturated heterocycles. The van der Waals surface area contributed by atoms with E-state index in [-0.39, 0.29) is 23.4 Å². The minimum Gasteiger partial charge on any atom is -0.457 e. The molecule has 0 bridgehead atoms. The predicted octanol–water partition coefficient (Wildman–Crippen LogP) is 2.99. The van der Waals surface area contributed by atoms with Gasteiger partial charge in [0.1, 0.15) is 12.3 Å². The molecule has 0 radical (unpaired) electrons. The van der Waals surface area contributed by atoms with Gasteiger partial charge in [-0.25, -0.2) is 9.78 Å². The summed E-state index contributed by atoms with van der Waals surface area (Å²) in [6.45, 7) is 3.75. The Bertz CT molecular complexity index is 1100. The molecule has 0 saturated carbocycles. The molecule has 0 unspecified atom stereocenters. The topological polar surface area (TPSA) is 104 Å².